The largest absolute Gasteiger partial charge is 0.458 e. The fourth-order valence-electron chi connectivity index (χ4n) is 1.58. The molecule has 0 radical (unpaired) electrons. The average Bonchev–Trinajstić information content (AvgIpc) is 2.34. The number of hydrogen-bond donors (Lipinski definition) is 1. The van der Waals surface area contributed by atoms with Crippen molar-refractivity contribution in [3.63, 3.8) is 0 Å². The van der Waals surface area contributed by atoms with Gasteiger partial charge in [-0.2, -0.15) is 0 Å². The molecular formula is C14H26O6. The molecule has 0 amide bonds. The molecular weight excluding hydrogens is 264 g/mol. The normalized spacial score (nSPS) is 14.7. The Morgan fingerprint density at radius 2 is 1.80 bits per heavy atom. The number of aliphatic hydroxyl groups excluding tert-OH is 1. The van der Waals surface area contributed by atoms with E-state index in [-0.39, 0.29) is 12.5 Å². The molecule has 0 aromatic rings. The van der Waals surface area contributed by atoms with Gasteiger partial charge >= 0.3 is 5.97 Å². The summed E-state index contributed by atoms with van der Waals surface area (Å²) < 4.78 is 15.1. The number of carbonyl (C=O) groups excluding carboxylic acids is 2. The van der Waals surface area contributed by atoms with E-state index in [0.717, 1.165) is 0 Å². The highest BCUT2D eigenvalue weighted by Crippen LogP contribution is 2.11. The van der Waals surface area contributed by atoms with Crippen molar-refractivity contribution in [3.05, 3.63) is 0 Å². The van der Waals surface area contributed by atoms with Crippen LogP contribution in [0.4, 0.5) is 0 Å². The summed E-state index contributed by atoms with van der Waals surface area (Å²) in [4.78, 5) is 23.2. The summed E-state index contributed by atoms with van der Waals surface area (Å²) in [6.07, 6.45) is -0.564. The van der Waals surface area contributed by atoms with Crippen LogP contribution in [0.15, 0.2) is 0 Å². The Morgan fingerprint density at radius 3 is 2.25 bits per heavy atom. The molecule has 0 spiro atoms. The molecule has 0 aliphatic carbocycles. The van der Waals surface area contributed by atoms with Crippen LogP contribution in [0.1, 0.15) is 40.0 Å². The van der Waals surface area contributed by atoms with Crippen molar-refractivity contribution in [2.24, 2.45) is 0 Å². The lowest BCUT2D eigenvalue weighted by Gasteiger charge is -2.21. The number of Topliss-reactive ketones (excluding diaryl/α,β-unsaturated/α-hetero) is 1. The van der Waals surface area contributed by atoms with Gasteiger partial charge in [0.25, 0.3) is 0 Å². The lowest BCUT2D eigenvalue weighted by molar-refractivity contribution is -0.167. The summed E-state index contributed by atoms with van der Waals surface area (Å²) >= 11 is 0. The van der Waals surface area contributed by atoms with Gasteiger partial charge in [0.15, 0.2) is 5.78 Å². The molecule has 0 bridgehead atoms. The molecule has 0 fully saturated rings. The van der Waals surface area contributed by atoms with E-state index in [0.29, 0.717) is 19.4 Å². The van der Waals surface area contributed by atoms with Gasteiger partial charge in [-0.1, -0.05) is 0 Å². The van der Waals surface area contributed by atoms with E-state index in [4.69, 9.17) is 14.2 Å². The molecule has 2 atom stereocenters. The molecule has 20 heavy (non-hydrogen) atoms. The molecule has 0 saturated carbocycles. The maximum Gasteiger partial charge on any atom is 0.343 e. The van der Waals surface area contributed by atoms with E-state index in [2.05, 4.69) is 0 Å². The van der Waals surface area contributed by atoms with Crippen molar-refractivity contribution in [2.75, 3.05) is 20.8 Å². The Morgan fingerprint density at radius 1 is 1.20 bits per heavy atom. The Hall–Kier alpha value is -0.980. The Labute approximate surface area is 120 Å². The summed E-state index contributed by atoms with van der Waals surface area (Å²) in [6.45, 7) is 5.47. The zero-order valence-electron chi connectivity index (χ0n) is 13.0. The van der Waals surface area contributed by atoms with E-state index in [1.54, 1.807) is 35.0 Å². The number of esters is 1. The molecule has 0 aliphatic heterocycles. The zero-order valence-corrected chi connectivity index (χ0v) is 13.0. The number of hydrogen-bond acceptors (Lipinski definition) is 6. The summed E-state index contributed by atoms with van der Waals surface area (Å²) in [5, 5.41) is 9.60. The zero-order chi connectivity index (χ0) is 15.8. The molecule has 0 aromatic heterocycles. The first-order chi connectivity index (χ1) is 9.21. The Kier molecular flexibility index (Phi) is 8.60. The molecule has 1 N–H and O–H groups in total. The Bertz CT molecular complexity index is 307. The van der Waals surface area contributed by atoms with Crippen molar-refractivity contribution in [1.29, 1.82) is 0 Å². The van der Waals surface area contributed by atoms with Crippen LogP contribution >= 0.6 is 0 Å². The second-order valence-electron chi connectivity index (χ2n) is 5.61. The second-order valence-corrected chi connectivity index (χ2v) is 5.61. The van der Waals surface area contributed by atoms with Gasteiger partial charge in [-0.25, -0.2) is 4.79 Å². The first-order valence-corrected chi connectivity index (χ1v) is 6.66. The van der Waals surface area contributed by atoms with Crippen LogP contribution in [0.25, 0.3) is 0 Å². The minimum Gasteiger partial charge on any atom is -0.458 e. The maximum atomic E-state index is 11.7. The molecule has 0 heterocycles. The predicted molar refractivity (Wildman–Crippen MR) is 73.4 cm³/mol. The van der Waals surface area contributed by atoms with Gasteiger partial charge in [0.1, 0.15) is 5.60 Å². The average molecular weight is 290 g/mol. The maximum absolute atomic E-state index is 11.7. The molecule has 0 aromatic carbocycles. The van der Waals surface area contributed by atoms with Gasteiger partial charge in [-0.05, 0) is 33.6 Å². The van der Waals surface area contributed by atoms with Crippen molar-refractivity contribution in [3.8, 4) is 0 Å². The van der Waals surface area contributed by atoms with Gasteiger partial charge in [0.05, 0.1) is 12.7 Å². The standard InChI is InChI=1S/C14H26O6/c1-14(2,3)20-13(17)12(16)11(15)8-6-7-10(19-5)9-18-4/h10,12,16H,6-9H2,1-5H3. The van der Waals surface area contributed by atoms with Crippen LogP contribution in [0.5, 0.6) is 0 Å². The van der Waals surface area contributed by atoms with Crippen LogP contribution < -0.4 is 0 Å². The highest BCUT2D eigenvalue weighted by atomic mass is 16.6. The Balaban J connectivity index is 4.11. The van der Waals surface area contributed by atoms with Gasteiger partial charge in [0.2, 0.25) is 6.10 Å². The quantitative estimate of drug-likeness (QED) is 0.505. The van der Waals surface area contributed by atoms with Crippen LogP contribution in [0.3, 0.4) is 0 Å². The molecule has 0 aliphatic rings. The first kappa shape index (κ1) is 19.0. The SMILES string of the molecule is COCC(CCCC(=O)C(O)C(=O)OC(C)(C)C)OC. The smallest absolute Gasteiger partial charge is 0.343 e. The van der Waals surface area contributed by atoms with Crippen molar-refractivity contribution >= 4 is 11.8 Å². The number of rotatable bonds is 9. The van der Waals surface area contributed by atoms with Crippen LogP contribution in [-0.2, 0) is 23.8 Å². The molecule has 118 valence electrons. The summed E-state index contributed by atoms with van der Waals surface area (Å²) in [7, 11) is 3.14. The number of aliphatic hydroxyl groups is 1. The highest BCUT2D eigenvalue weighted by Gasteiger charge is 2.28. The summed E-state index contributed by atoms with van der Waals surface area (Å²) in [5.74, 6) is -1.44. The van der Waals surface area contributed by atoms with Crippen LogP contribution in [0, 0.1) is 0 Å². The van der Waals surface area contributed by atoms with E-state index in [1.165, 1.54) is 0 Å². The highest BCUT2D eigenvalue weighted by molar-refractivity contribution is 6.01. The van der Waals surface area contributed by atoms with Gasteiger partial charge in [-0.15, -0.1) is 0 Å². The van der Waals surface area contributed by atoms with E-state index in [9.17, 15) is 14.7 Å². The van der Waals surface area contributed by atoms with Crippen molar-refractivity contribution < 1.29 is 28.9 Å². The van der Waals surface area contributed by atoms with Crippen molar-refractivity contribution in [1.82, 2.24) is 0 Å². The monoisotopic (exact) mass is 290 g/mol. The fourth-order valence-corrected chi connectivity index (χ4v) is 1.58. The van der Waals surface area contributed by atoms with Crippen LogP contribution in [-0.4, -0.2) is 55.5 Å². The molecule has 0 saturated heterocycles. The van der Waals surface area contributed by atoms with Gasteiger partial charge in [-0.3, -0.25) is 4.79 Å². The summed E-state index contributed by atoms with van der Waals surface area (Å²) in [5.41, 5.74) is -0.724. The number of methoxy groups -OCH3 is 2. The number of ether oxygens (including phenoxy) is 3. The van der Waals surface area contributed by atoms with E-state index < -0.39 is 23.5 Å². The van der Waals surface area contributed by atoms with Crippen LogP contribution in [0.2, 0.25) is 0 Å². The second kappa shape index (κ2) is 9.05. The molecule has 2 unspecified atom stereocenters. The van der Waals surface area contributed by atoms with Gasteiger partial charge < -0.3 is 19.3 Å². The predicted octanol–water partition coefficient (Wildman–Crippen LogP) is 1.09. The lowest BCUT2D eigenvalue weighted by atomic mass is 10.1. The topological polar surface area (TPSA) is 82.1 Å². The third kappa shape index (κ3) is 8.24. The fraction of sp³-hybridized carbons (Fsp3) is 0.857. The van der Waals surface area contributed by atoms with E-state index >= 15 is 0 Å². The van der Waals surface area contributed by atoms with Gasteiger partial charge in [0, 0.05) is 20.6 Å². The third-order valence-corrected chi connectivity index (χ3v) is 2.57. The minimum absolute atomic E-state index is 0.0912. The number of ketones is 1. The molecule has 6 nitrogen and oxygen atoms in total. The molecule has 6 heteroatoms. The minimum atomic E-state index is -1.71. The lowest BCUT2D eigenvalue weighted by Crippen LogP contribution is -2.36. The molecule has 0 rings (SSSR count). The van der Waals surface area contributed by atoms with Crippen molar-refractivity contribution in [2.45, 2.75) is 57.8 Å². The summed E-state index contributed by atoms with van der Waals surface area (Å²) in [6, 6.07) is 0. The first-order valence-electron chi connectivity index (χ1n) is 6.66. The number of carbonyl (C=O) groups is 2. The third-order valence-electron chi connectivity index (χ3n) is 2.57. The van der Waals surface area contributed by atoms with E-state index in [1.807, 2.05) is 0 Å².